The van der Waals surface area contributed by atoms with Crippen molar-refractivity contribution >= 4 is 10.2 Å². The molecule has 1 rings (SSSR count). The van der Waals surface area contributed by atoms with Crippen molar-refractivity contribution < 1.29 is 21.6 Å². The smallest absolute Gasteiger partial charge is 0.347 e. The van der Waals surface area contributed by atoms with Crippen LogP contribution in [0.15, 0.2) is 12.5 Å². The first-order valence-electron chi connectivity index (χ1n) is 4.07. The van der Waals surface area contributed by atoms with Gasteiger partial charge in [0.1, 0.15) is 6.54 Å². The lowest BCUT2D eigenvalue weighted by Gasteiger charge is -2.09. The van der Waals surface area contributed by atoms with Gasteiger partial charge in [-0.25, -0.2) is 4.98 Å². The van der Waals surface area contributed by atoms with Crippen LogP contribution < -0.4 is 9.44 Å². The van der Waals surface area contributed by atoms with Gasteiger partial charge in [-0.2, -0.15) is 31.0 Å². The standard InChI is InChI=1S/C6H9F3N4O2S/c7-6(8,9)3-13-16(14,15)12-2-5-1-10-4-11-5/h1,4,12-13H,2-3H2,(H,10,11). The van der Waals surface area contributed by atoms with Gasteiger partial charge in [-0.1, -0.05) is 0 Å². The third-order valence-electron chi connectivity index (χ3n) is 1.47. The zero-order chi connectivity index (χ0) is 12.2. The largest absolute Gasteiger partial charge is 0.402 e. The minimum Gasteiger partial charge on any atom is -0.347 e. The van der Waals surface area contributed by atoms with E-state index < -0.39 is 22.9 Å². The Bertz CT molecular complexity index is 413. The second-order valence-electron chi connectivity index (χ2n) is 2.84. The number of halogens is 3. The molecule has 1 heterocycles. The van der Waals surface area contributed by atoms with Crippen LogP contribution >= 0.6 is 0 Å². The predicted octanol–water partition coefficient (Wildman–Crippen LogP) is -0.104. The molecular weight excluding hydrogens is 249 g/mol. The van der Waals surface area contributed by atoms with E-state index in [4.69, 9.17) is 0 Å². The maximum Gasteiger partial charge on any atom is 0.402 e. The molecule has 0 aliphatic rings. The maximum absolute atomic E-state index is 11.7. The number of aromatic amines is 1. The second kappa shape index (κ2) is 4.80. The number of hydrogen-bond donors (Lipinski definition) is 3. The highest BCUT2D eigenvalue weighted by Crippen LogP contribution is 2.12. The van der Waals surface area contributed by atoms with Crippen molar-refractivity contribution in [1.29, 1.82) is 0 Å². The third-order valence-corrected chi connectivity index (χ3v) is 2.52. The lowest BCUT2D eigenvalue weighted by molar-refractivity contribution is -0.121. The summed E-state index contributed by atoms with van der Waals surface area (Å²) in [6.07, 6.45) is -1.90. The maximum atomic E-state index is 11.7. The van der Waals surface area contributed by atoms with Crippen LogP contribution in [0.25, 0.3) is 0 Å². The van der Waals surface area contributed by atoms with Crippen molar-refractivity contribution in [2.75, 3.05) is 6.54 Å². The molecule has 0 aliphatic heterocycles. The van der Waals surface area contributed by atoms with E-state index in [-0.39, 0.29) is 6.54 Å². The van der Waals surface area contributed by atoms with Crippen LogP contribution in [0.1, 0.15) is 5.69 Å². The van der Waals surface area contributed by atoms with Gasteiger partial charge in [0.25, 0.3) is 10.2 Å². The van der Waals surface area contributed by atoms with Crippen molar-refractivity contribution in [3.63, 3.8) is 0 Å². The molecule has 1 aromatic rings. The Labute approximate surface area is 89.4 Å². The van der Waals surface area contributed by atoms with Crippen LogP contribution in [0.5, 0.6) is 0 Å². The van der Waals surface area contributed by atoms with Crippen molar-refractivity contribution in [2.24, 2.45) is 0 Å². The molecule has 0 saturated heterocycles. The van der Waals surface area contributed by atoms with E-state index in [9.17, 15) is 21.6 Å². The molecule has 10 heteroatoms. The van der Waals surface area contributed by atoms with Gasteiger partial charge >= 0.3 is 6.18 Å². The minimum atomic E-state index is -4.58. The Morgan fingerprint density at radius 2 is 2.06 bits per heavy atom. The first-order chi connectivity index (χ1) is 7.29. The van der Waals surface area contributed by atoms with Gasteiger partial charge in [-0.3, -0.25) is 0 Å². The summed E-state index contributed by atoms with van der Waals surface area (Å²) < 4.78 is 60.5. The fourth-order valence-corrected chi connectivity index (χ4v) is 1.58. The fourth-order valence-electron chi connectivity index (χ4n) is 0.782. The summed E-state index contributed by atoms with van der Waals surface area (Å²) >= 11 is 0. The number of H-pyrrole nitrogens is 1. The average molecular weight is 258 g/mol. The van der Waals surface area contributed by atoms with Gasteiger partial charge in [0, 0.05) is 11.9 Å². The Balaban J connectivity index is 2.41. The van der Waals surface area contributed by atoms with Gasteiger partial charge in [-0.05, 0) is 0 Å². The van der Waals surface area contributed by atoms with Gasteiger partial charge in [0.05, 0.1) is 12.9 Å². The Hall–Kier alpha value is -1.13. The van der Waals surface area contributed by atoms with Gasteiger partial charge < -0.3 is 4.98 Å². The van der Waals surface area contributed by atoms with E-state index >= 15 is 0 Å². The minimum absolute atomic E-state index is 0.160. The molecule has 1 aromatic heterocycles. The fraction of sp³-hybridized carbons (Fsp3) is 0.500. The van der Waals surface area contributed by atoms with E-state index in [2.05, 4.69) is 9.97 Å². The lowest BCUT2D eigenvalue weighted by Crippen LogP contribution is -2.41. The van der Waals surface area contributed by atoms with Crippen LogP contribution in [-0.4, -0.2) is 31.1 Å². The van der Waals surface area contributed by atoms with Crippen molar-refractivity contribution in [2.45, 2.75) is 12.7 Å². The quantitative estimate of drug-likeness (QED) is 0.689. The molecule has 0 fully saturated rings. The first-order valence-corrected chi connectivity index (χ1v) is 5.55. The summed E-state index contributed by atoms with van der Waals surface area (Å²) in [5.41, 5.74) is 0.442. The van der Waals surface area contributed by atoms with E-state index in [1.54, 1.807) is 0 Å². The van der Waals surface area contributed by atoms with E-state index in [0.29, 0.717) is 5.69 Å². The summed E-state index contributed by atoms with van der Waals surface area (Å²) in [7, 11) is -4.16. The van der Waals surface area contributed by atoms with Gasteiger partial charge in [-0.15, -0.1) is 0 Å². The molecule has 0 atom stereocenters. The molecule has 0 radical (unpaired) electrons. The molecular formula is C6H9F3N4O2S. The molecule has 16 heavy (non-hydrogen) atoms. The summed E-state index contributed by atoms with van der Waals surface area (Å²) in [5, 5.41) is 0. The van der Waals surface area contributed by atoms with E-state index in [0.717, 1.165) is 0 Å². The summed E-state index contributed by atoms with van der Waals surface area (Å²) in [6.45, 7) is -1.77. The number of hydrogen-bond acceptors (Lipinski definition) is 3. The Morgan fingerprint density at radius 1 is 1.38 bits per heavy atom. The SMILES string of the molecule is O=S(=O)(NCc1cnc[nH]1)NCC(F)(F)F. The van der Waals surface area contributed by atoms with Gasteiger partial charge in [0.2, 0.25) is 0 Å². The number of imidazole rings is 1. The van der Waals surface area contributed by atoms with Crippen LogP contribution in [-0.2, 0) is 16.8 Å². The van der Waals surface area contributed by atoms with E-state index in [1.807, 2.05) is 4.72 Å². The predicted molar refractivity (Wildman–Crippen MR) is 48.4 cm³/mol. The van der Waals surface area contributed by atoms with Crippen molar-refractivity contribution in [1.82, 2.24) is 19.4 Å². The number of alkyl halides is 3. The normalized spacial score (nSPS) is 12.9. The number of rotatable bonds is 5. The topological polar surface area (TPSA) is 86.9 Å². The summed E-state index contributed by atoms with van der Waals surface area (Å²) in [4.78, 5) is 6.21. The highest BCUT2D eigenvalue weighted by molar-refractivity contribution is 7.87. The zero-order valence-corrected chi connectivity index (χ0v) is 8.69. The zero-order valence-electron chi connectivity index (χ0n) is 7.87. The number of aromatic nitrogens is 2. The van der Waals surface area contributed by atoms with Crippen LogP contribution in [0.3, 0.4) is 0 Å². The Morgan fingerprint density at radius 3 is 2.56 bits per heavy atom. The number of nitrogens with one attached hydrogen (secondary N) is 3. The molecule has 3 N–H and O–H groups in total. The summed E-state index contributed by atoms with van der Waals surface area (Å²) in [6, 6.07) is 0. The molecule has 0 saturated carbocycles. The molecule has 0 bridgehead atoms. The molecule has 0 aromatic carbocycles. The van der Waals surface area contributed by atoms with Crippen LogP contribution in [0.2, 0.25) is 0 Å². The van der Waals surface area contributed by atoms with E-state index in [1.165, 1.54) is 17.2 Å². The van der Waals surface area contributed by atoms with Crippen molar-refractivity contribution in [3.05, 3.63) is 18.2 Å². The average Bonchev–Trinajstić information content (AvgIpc) is 2.64. The third kappa shape index (κ3) is 5.09. The Kier molecular flexibility index (Phi) is 3.88. The molecule has 0 amide bonds. The molecule has 6 nitrogen and oxygen atoms in total. The van der Waals surface area contributed by atoms with Gasteiger partial charge in [0.15, 0.2) is 0 Å². The molecule has 0 spiro atoms. The van der Waals surface area contributed by atoms with Crippen molar-refractivity contribution in [3.8, 4) is 0 Å². The lowest BCUT2D eigenvalue weighted by atomic mass is 10.5. The summed E-state index contributed by atoms with van der Waals surface area (Å²) in [5.74, 6) is 0. The molecule has 92 valence electrons. The number of nitrogens with zero attached hydrogens (tertiary/aromatic N) is 1. The highest BCUT2D eigenvalue weighted by Gasteiger charge is 2.29. The van der Waals surface area contributed by atoms with Crippen LogP contribution in [0.4, 0.5) is 13.2 Å². The highest BCUT2D eigenvalue weighted by atomic mass is 32.2. The van der Waals surface area contributed by atoms with Crippen LogP contribution in [0, 0.1) is 0 Å². The monoisotopic (exact) mass is 258 g/mol. The molecule has 0 aliphatic carbocycles. The molecule has 0 unspecified atom stereocenters. The first kappa shape index (κ1) is 12.9. The second-order valence-corrected chi connectivity index (χ2v) is 4.42.